The zero-order valence-electron chi connectivity index (χ0n) is 12.9. The summed E-state index contributed by atoms with van der Waals surface area (Å²) in [6.07, 6.45) is 1.65. The van der Waals surface area contributed by atoms with Gasteiger partial charge in [-0.25, -0.2) is 0 Å². The minimum atomic E-state index is 0.0950. The fourth-order valence-corrected chi connectivity index (χ4v) is 1.98. The molecule has 2 N–H and O–H groups in total. The zero-order valence-corrected chi connectivity index (χ0v) is 12.9. The van der Waals surface area contributed by atoms with E-state index in [4.69, 9.17) is 19.9 Å². The van der Waals surface area contributed by atoms with E-state index < -0.39 is 0 Å². The van der Waals surface area contributed by atoms with Crippen LogP contribution in [0.4, 0.5) is 0 Å². The summed E-state index contributed by atoms with van der Waals surface area (Å²) in [5.74, 6) is 1.62. The highest BCUT2D eigenvalue weighted by Crippen LogP contribution is 2.32. The molecule has 0 saturated carbocycles. The van der Waals surface area contributed by atoms with Gasteiger partial charge in [-0.05, 0) is 38.8 Å². The van der Waals surface area contributed by atoms with Crippen LogP contribution in [0.2, 0.25) is 0 Å². The van der Waals surface area contributed by atoms with Crippen LogP contribution in [-0.2, 0) is 11.2 Å². The van der Waals surface area contributed by atoms with E-state index in [0.717, 1.165) is 43.1 Å². The SMILES string of the molecule is CCOCCCOc1c(CC(C)N)cccc1OCC. The molecular weight excluding hydrogens is 254 g/mol. The zero-order chi connectivity index (χ0) is 14.8. The number of rotatable bonds is 10. The lowest BCUT2D eigenvalue weighted by Crippen LogP contribution is -2.18. The lowest BCUT2D eigenvalue weighted by atomic mass is 10.1. The second-order valence-electron chi connectivity index (χ2n) is 4.76. The molecule has 0 spiro atoms. The highest BCUT2D eigenvalue weighted by molar-refractivity contribution is 5.47. The number of para-hydroxylation sites is 1. The van der Waals surface area contributed by atoms with Gasteiger partial charge in [0.05, 0.1) is 13.2 Å². The second kappa shape index (κ2) is 9.61. The first-order chi connectivity index (χ1) is 9.69. The standard InChI is InChI=1S/C16H27NO3/c1-4-18-10-7-11-20-16-14(12-13(3)17)8-6-9-15(16)19-5-2/h6,8-9,13H,4-5,7,10-12,17H2,1-3H3. The Hall–Kier alpha value is -1.26. The highest BCUT2D eigenvalue weighted by atomic mass is 16.5. The molecular formula is C16H27NO3. The van der Waals surface area contributed by atoms with Gasteiger partial charge in [-0.15, -0.1) is 0 Å². The minimum absolute atomic E-state index is 0.0950. The average molecular weight is 281 g/mol. The predicted octanol–water partition coefficient (Wildman–Crippen LogP) is 2.78. The Morgan fingerprint density at radius 3 is 2.55 bits per heavy atom. The molecule has 1 aromatic carbocycles. The molecule has 0 fully saturated rings. The summed E-state index contributed by atoms with van der Waals surface area (Å²) in [5.41, 5.74) is 6.99. The smallest absolute Gasteiger partial charge is 0.164 e. The van der Waals surface area contributed by atoms with Crippen molar-refractivity contribution in [3.8, 4) is 11.5 Å². The normalized spacial score (nSPS) is 12.2. The van der Waals surface area contributed by atoms with Crippen LogP contribution >= 0.6 is 0 Å². The van der Waals surface area contributed by atoms with E-state index in [9.17, 15) is 0 Å². The van der Waals surface area contributed by atoms with Gasteiger partial charge in [0.25, 0.3) is 0 Å². The fourth-order valence-electron chi connectivity index (χ4n) is 1.98. The molecule has 0 bridgehead atoms. The van der Waals surface area contributed by atoms with Crippen molar-refractivity contribution >= 4 is 0 Å². The van der Waals surface area contributed by atoms with Crippen LogP contribution in [0.1, 0.15) is 32.8 Å². The summed E-state index contributed by atoms with van der Waals surface area (Å²) in [4.78, 5) is 0. The van der Waals surface area contributed by atoms with Gasteiger partial charge in [0.2, 0.25) is 0 Å². The Morgan fingerprint density at radius 2 is 1.90 bits per heavy atom. The van der Waals surface area contributed by atoms with Crippen molar-refractivity contribution in [3.05, 3.63) is 23.8 Å². The van der Waals surface area contributed by atoms with E-state index in [-0.39, 0.29) is 6.04 Å². The van der Waals surface area contributed by atoms with E-state index in [1.807, 2.05) is 39.0 Å². The predicted molar refractivity (Wildman–Crippen MR) is 81.6 cm³/mol. The minimum Gasteiger partial charge on any atom is -0.490 e. The molecule has 1 unspecified atom stereocenters. The maximum absolute atomic E-state index is 5.91. The third-order valence-corrected chi connectivity index (χ3v) is 2.79. The Bertz CT molecular complexity index is 380. The van der Waals surface area contributed by atoms with Crippen LogP contribution in [0.15, 0.2) is 18.2 Å². The van der Waals surface area contributed by atoms with Crippen LogP contribution in [0, 0.1) is 0 Å². The van der Waals surface area contributed by atoms with Crippen LogP contribution in [0.25, 0.3) is 0 Å². The monoisotopic (exact) mass is 281 g/mol. The van der Waals surface area contributed by atoms with Crippen LogP contribution in [-0.4, -0.2) is 32.5 Å². The van der Waals surface area contributed by atoms with E-state index in [0.29, 0.717) is 13.2 Å². The maximum atomic E-state index is 5.91. The molecule has 1 atom stereocenters. The molecule has 4 heteroatoms. The quantitative estimate of drug-likeness (QED) is 0.670. The van der Waals surface area contributed by atoms with Gasteiger partial charge in [0, 0.05) is 25.7 Å². The molecule has 0 saturated heterocycles. The molecule has 0 aliphatic heterocycles. The number of hydrogen-bond acceptors (Lipinski definition) is 4. The van der Waals surface area contributed by atoms with Crippen molar-refractivity contribution < 1.29 is 14.2 Å². The summed E-state index contributed by atoms with van der Waals surface area (Å²) >= 11 is 0. The number of nitrogens with two attached hydrogens (primary N) is 1. The highest BCUT2D eigenvalue weighted by Gasteiger charge is 2.12. The summed E-state index contributed by atoms with van der Waals surface area (Å²) in [6, 6.07) is 6.06. The van der Waals surface area contributed by atoms with Gasteiger partial charge in [-0.1, -0.05) is 12.1 Å². The largest absolute Gasteiger partial charge is 0.490 e. The van der Waals surface area contributed by atoms with E-state index in [2.05, 4.69) is 0 Å². The number of hydrogen-bond donors (Lipinski definition) is 1. The van der Waals surface area contributed by atoms with Crippen molar-refractivity contribution in [2.24, 2.45) is 5.73 Å². The fraction of sp³-hybridized carbons (Fsp3) is 0.625. The molecule has 0 amide bonds. The molecule has 0 aliphatic rings. The summed E-state index contributed by atoms with van der Waals surface area (Å²) in [7, 11) is 0. The Balaban J connectivity index is 2.71. The van der Waals surface area contributed by atoms with Gasteiger partial charge in [0.15, 0.2) is 11.5 Å². The van der Waals surface area contributed by atoms with Gasteiger partial charge in [-0.2, -0.15) is 0 Å². The maximum Gasteiger partial charge on any atom is 0.164 e. The first kappa shape index (κ1) is 16.8. The number of benzene rings is 1. The Morgan fingerprint density at radius 1 is 1.10 bits per heavy atom. The van der Waals surface area contributed by atoms with Crippen LogP contribution in [0.5, 0.6) is 11.5 Å². The first-order valence-electron chi connectivity index (χ1n) is 7.39. The number of ether oxygens (including phenoxy) is 3. The Labute approximate surface area is 122 Å². The van der Waals surface area contributed by atoms with Crippen molar-refractivity contribution in [2.75, 3.05) is 26.4 Å². The molecule has 0 aliphatic carbocycles. The third kappa shape index (κ3) is 5.80. The van der Waals surface area contributed by atoms with Gasteiger partial charge >= 0.3 is 0 Å². The van der Waals surface area contributed by atoms with Crippen LogP contribution in [0.3, 0.4) is 0 Å². The van der Waals surface area contributed by atoms with Gasteiger partial charge in [0.1, 0.15) is 0 Å². The lowest BCUT2D eigenvalue weighted by molar-refractivity contribution is 0.129. The van der Waals surface area contributed by atoms with Gasteiger partial charge < -0.3 is 19.9 Å². The molecule has 0 heterocycles. The molecule has 1 rings (SSSR count). The van der Waals surface area contributed by atoms with Crippen molar-refractivity contribution in [1.82, 2.24) is 0 Å². The van der Waals surface area contributed by atoms with E-state index in [1.165, 1.54) is 0 Å². The van der Waals surface area contributed by atoms with Crippen molar-refractivity contribution in [2.45, 2.75) is 39.7 Å². The summed E-state index contributed by atoms with van der Waals surface area (Å²) < 4.78 is 16.9. The molecule has 0 aromatic heterocycles. The van der Waals surface area contributed by atoms with Crippen molar-refractivity contribution in [3.63, 3.8) is 0 Å². The van der Waals surface area contributed by atoms with Crippen molar-refractivity contribution in [1.29, 1.82) is 0 Å². The summed E-state index contributed by atoms with van der Waals surface area (Å²) in [5, 5.41) is 0. The second-order valence-corrected chi connectivity index (χ2v) is 4.76. The van der Waals surface area contributed by atoms with Crippen LogP contribution < -0.4 is 15.2 Å². The molecule has 1 aromatic rings. The molecule has 4 nitrogen and oxygen atoms in total. The third-order valence-electron chi connectivity index (χ3n) is 2.79. The first-order valence-corrected chi connectivity index (χ1v) is 7.39. The van der Waals surface area contributed by atoms with E-state index >= 15 is 0 Å². The molecule has 0 radical (unpaired) electrons. The van der Waals surface area contributed by atoms with E-state index in [1.54, 1.807) is 0 Å². The van der Waals surface area contributed by atoms with Gasteiger partial charge in [-0.3, -0.25) is 0 Å². The molecule has 20 heavy (non-hydrogen) atoms. The Kier molecular flexibility index (Phi) is 8.07. The lowest BCUT2D eigenvalue weighted by Gasteiger charge is -2.17. The average Bonchev–Trinajstić information content (AvgIpc) is 2.40. The topological polar surface area (TPSA) is 53.7 Å². The molecule has 114 valence electrons. The summed E-state index contributed by atoms with van der Waals surface area (Å²) in [6.45, 7) is 8.66.